The number of aryl methyl sites for hydroxylation is 2. The molecule has 2 N–H and O–H groups in total. The van der Waals surface area contributed by atoms with E-state index in [0.717, 1.165) is 22.8 Å². The Kier molecular flexibility index (Phi) is 4.53. The molecule has 0 aromatic heterocycles. The van der Waals surface area contributed by atoms with Gasteiger partial charge < -0.3 is 10.5 Å². The molecule has 2 rings (SSSR count). The van der Waals surface area contributed by atoms with Crippen LogP contribution >= 0.6 is 12.2 Å². The van der Waals surface area contributed by atoms with Crippen LogP contribution < -0.4 is 10.5 Å². The summed E-state index contributed by atoms with van der Waals surface area (Å²) in [6.07, 6.45) is 0. The molecule has 0 aliphatic carbocycles. The van der Waals surface area contributed by atoms with Gasteiger partial charge in [0.2, 0.25) is 0 Å². The summed E-state index contributed by atoms with van der Waals surface area (Å²) in [5, 5.41) is 0. The van der Waals surface area contributed by atoms with E-state index in [0.29, 0.717) is 10.7 Å². The van der Waals surface area contributed by atoms with E-state index in [4.69, 9.17) is 22.7 Å². The smallest absolute Gasteiger partial charge is 0.165 e. The molecule has 0 aliphatic rings. The first-order valence-corrected chi connectivity index (χ1v) is 6.77. The van der Waals surface area contributed by atoms with E-state index in [1.54, 1.807) is 0 Å². The monoisotopic (exact) mass is 307 g/mol. The maximum absolute atomic E-state index is 13.6. The molecule has 0 unspecified atom stereocenters. The summed E-state index contributed by atoms with van der Waals surface area (Å²) < 4.78 is 32.4. The summed E-state index contributed by atoms with van der Waals surface area (Å²) in [7, 11) is 0. The Morgan fingerprint density at radius 1 is 1.19 bits per heavy atom. The van der Waals surface area contributed by atoms with Crippen LogP contribution in [0.15, 0.2) is 30.3 Å². The second kappa shape index (κ2) is 6.18. The van der Waals surface area contributed by atoms with Gasteiger partial charge in [0.05, 0.1) is 0 Å². The lowest BCUT2D eigenvalue weighted by Gasteiger charge is -2.14. The van der Waals surface area contributed by atoms with Gasteiger partial charge in [0.15, 0.2) is 11.6 Å². The topological polar surface area (TPSA) is 35.2 Å². The fourth-order valence-electron chi connectivity index (χ4n) is 2.13. The van der Waals surface area contributed by atoms with E-state index in [2.05, 4.69) is 0 Å². The van der Waals surface area contributed by atoms with E-state index in [1.807, 2.05) is 26.0 Å². The van der Waals surface area contributed by atoms with E-state index < -0.39 is 11.6 Å². The molecule has 0 aliphatic heterocycles. The minimum absolute atomic E-state index is 0.0440. The van der Waals surface area contributed by atoms with Crippen molar-refractivity contribution in [2.24, 2.45) is 5.73 Å². The predicted molar refractivity (Wildman–Crippen MR) is 82.5 cm³/mol. The molecule has 0 heterocycles. The molecule has 21 heavy (non-hydrogen) atoms. The van der Waals surface area contributed by atoms with E-state index in [-0.39, 0.29) is 12.2 Å². The maximum atomic E-state index is 13.6. The highest BCUT2D eigenvalue weighted by atomic mass is 32.1. The van der Waals surface area contributed by atoms with Crippen molar-refractivity contribution in [3.05, 3.63) is 64.2 Å². The fourth-order valence-corrected chi connectivity index (χ4v) is 2.25. The standard InChI is InChI=1S/C16H15F2NOS/c1-9-6-12(16(19)21)7-10(2)15(9)20-8-11-4-3-5-13(17)14(11)18/h3-7H,8H2,1-2H3,(H2,19,21). The molecule has 0 spiro atoms. The second-order valence-corrected chi connectivity index (χ2v) is 5.24. The Labute approximate surface area is 127 Å². The lowest BCUT2D eigenvalue weighted by Crippen LogP contribution is -2.10. The molecule has 0 fully saturated rings. The third-order valence-electron chi connectivity index (χ3n) is 3.15. The zero-order valence-corrected chi connectivity index (χ0v) is 12.6. The average molecular weight is 307 g/mol. The van der Waals surface area contributed by atoms with Crippen molar-refractivity contribution >= 4 is 17.2 Å². The Morgan fingerprint density at radius 2 is 1.81 bits per heavy atom. The summed E-state index contributed by atoms with van der Waals surface area (Å²) in [6.45, 7) is 3.66. The summed E-state index contributed by atoms with van der Waals surface area (Å²) >= 11 is 4.94. The Bertz CT molecular complexity index is 678. The molecule has 0 radical (unpaired) electrons. The first-order valence-electron chi connectivity index (χ1n) is 6.37. The maximum Gasteiger partial charge on any atom is 0.165 e. The molecule has 2 nitrogen and oxygen atoms in total. The van der Waals surface area contributed by atoms with Gasteiger partial charge >= 0.3 is 0 Å². The van der Waals surface area contributed by atoms with Crippen LogP contribution in [0.3, 0.4) is 0 Å². The average Bonchev–Trinajstić information content (AvgIpc) is 2.42. The number of nitrogens with two attached hydrogens (primary N) is 1. The van der Waals surface area contributed by atoms with Crippen LogP contribution in [0.5, 0.6) is 5.75 Å². The lowest BCUT2D eigenvalue weighted by molar-refractivity contribution is 0.293. The van der Waals surface area contributed by atoms with Crippen LogP contribution in [0.2, 0.25) is 0 Å². The van der Waals surface area contributed by atoms with Gasteiger partial charge in [-0.15, -0.1) is 0 Å². The van der Waals surface area contributed by atoms with Crippen molar-refractivity contribution in [1.29, 1.82) is 0 Å². The molecule has 0 bridgehead atoms. The minimum atomic E-state index is -0.882. The van der Waals surface area contributed by atoms with E-state index >= 15 is 0 Å². The summed E-state index contributed by atoms with van der Waals surface area (Å²) in [6, 6.07) is 7.64. The fraction of sp³-hybridized carbons (Fsp3) is 0.188. The zero-order valence-electron chi connectivity index (χ0n) is 11.7. The molecule has 2 aromatic rings. The van der Waals surface area contributed by atoms with Crippen LogP contribution in [0, 0.1) is 25.5 Å². The molecule has 0 saturated carbocycles. The second-order valence-electron chi connectivity index (χ2n) is 4.81. The van der Waals surface area contributed by atoms with Crippen molar-refractivity contribution in [2.45, 2.75) is 20.5 Å². The number of rotatable bonds is 4. The third kappa shape index (κ3) is 3.36. The van der Waals surface area contributed by atoms with Gasteiger partial charge in [0, 0.05) is 11.1 Å². The van der Waals surface area contributed by atoms with Gasteiger partial charge in [-0.25, -0.2) is 8.78 Å². The number of hydrogen-bond donors (Lipinski definition) is 1. The first kappa shape index (κ1) is 15.4. The third-order valence-corrected chi connectivity index (χ3v) is 3.38. The quantitative estimate of drug-likeness (QED) is 0.873. The molecule has 0 atom stereocenters. The van der Waals surface area contributed by atoms with Crippen LogP contribution in [0.4, 0.5) is 8.78 Å². The highest BCUT2D eigenvalue weighted by Crippen LogP contribution is 2.26. The van der Waals surface area contributed by atoms with Crippen molar-refractivity contribution < 1.29 is 13.5 Å². The minimum Gasteiger partial charge on any atom is -0.488 e. The number of thiocarbonyl (C=S) groups is 1. The summed E-state index contributed by atoms with van der Waals surface area (Å²) in [5.41, 5.74) is 8.21. The predicted octanol–water partition coefficient (Wildman–Crippen LogP) is 3.79. The van der Waals surface area contributed by atoms with Crippen LogP contribution in [0.1, 0.15) is 22.3 Å². The van der Waals surface area contributed by atoms with Gasteiger partial charge in [-0.2, -0.15) is 0 Å². The van der Waals surface area contributed by atoms with Gasteiger partial charge in [0.25, 0.3) is 0 Å². The largest absolute Gasteiger partial charge is 0.488 e. The summed E-state index contributed by atoms with van der Waals surface area (Å²) in [5.74, 6) is -1.14. The van der Waals surface area contributed by atoms with Crippen molar-refractivity contribution in [1.82, 2.24) is 0 Å². The van der Waals surface area contributed by atoms with Gasteiger partial charge in [-0.3, -0.25) is 0 Å². The Balaban J connectivity index is 2.24. The van der Waals surface area contributed by atoms with E-state index in [9.17, 15) is 8.78 Å². The molecular weight excluding hydrogens is 292 g/mol. The SMILES string of the molecule is Cc1cc(C(N)=S)cc(C)c1OCc1cccc(F)c1F. The zero-order chi connectivity index (χ0) is 15.6. The number of ether oxygens (including phenoxy) is 1. The Morgan fingerprint density at radius 3 is 2.38 bits per heavy atom. The molecule has 110 valence electrons. The van der Waals surface area contributed by atoms with Crippen LogP contribution in [-0.4, -0.2) is 4.99 Å². The molecular formula is C16H15F2NOS. The molecule has 0 amide bonds. The first-order chi connectivity index (χ1) is 9.90. The van der Waals surface area contributed by atoms with Crippen molar-refractivity contribution in [3.8, 4) is 5.75 Å². The highest BCUT2D eigenvalue weighted by Gasteiger charge is 2.11. The number of halogens is 2. The van der Waals surface area contributed by atoms with Gasteiger partial charge in [-0.05, 0) is 43.2 Å². The Hall–Kier alpha value is -2.01. The highest BCUT2D eigenvalue weighted by molar-refractivity contribution is 7.80. The van der Waals surface area contributed by atoms with Gasteiger partial charge in [0.1, 0.15) is 17.3 Å². The normalized spacial score (nSPS) is 10.5. The number of benzene rings is 2. The van der Waals surface area contributed by atoms with Crippen LogP contribution in [0.25, 0.3) is 0 Å². The molecule has 0 saturated heterocycles. The van der Waals surface area contributed by atoms with Crippen molar-refractivity contribution in [3.63, 3.8) is 0 Å². The summed E-state index contributed by atoms with van der Waals surface area (Å²) in [4.78, 5) is 0.309. The molecule has 2 aromatic carbocycles. The molecule has 5 heteroatoms. The van der Waals surface area contributed by atoms with Gasteiger partial charge in [-0.1, -0.05) is 24.4 Å². The van der Waals surface area contributed by atoms with Crippen LogP contribution in [-0.2, 0) is 6.61 Å². The lowest BCUT2D eigenvalue weighted by atomic mass is 10.1. The van der Waals surface area contributed by atoms with E-state index in [1.165, 1.54) is 12.1 Å². The number of hydrogen-bond acceptors (Lipinski definition) is 2. The van der Waals surface area contributed by atoms with Crippen molar-refractivity contribution in [2.75, 3.05) is 0 Å².